The molecule has 0 bridgehead atoms. The van der Waals surface area contributed by atoms with Gasteiger partial charge in [-0.3, -0.25) is 0 Å². The van der Waals surface area contributed by atoms with Gasteiger partial charge in [-0.15, -0.1) is 0 Å². The predicted octanol–water partition coefficient (Wildman–Crippen LogP) is 1.34. The Kier molecular flexibility index (Phi) is 1.87. The van der Waals surface area contributed by atoms with E-state index in [1.807, 2.05) is 25.1 Å². The van der Waals surface area contributed by atoms with Crippen LogP contribution in [0.5, 0.6) is 0 Å². The monoisotopic (exact) mass is 222 g/mol. The zero-order valence-electron chi connectivity index (χ0n) is 6.74. The van der Waals surface area contributed by atoms with Crippen molar-refractivity contribution >= 4 is 31.4 Å². The molecule has 1 nitrogen and oxygen atoms in total. The Morgan fingerprint density at radius 3 is 2.83 bits per heavy atom. The summed E-state index contributed by atoms with van der Waals surface area (Å²) in [4.78, 5) is 4.44. The van der Waals surface area contributed by atoms with Crippen LogP contribution in [0.2, 0.25) is 0 Å². The fourth-order valence-corrected chi connectivity index (χ4v) is 1.73. The van der Waals surface area contributed by atoms with Crippen LogP contribution in [-0.4, -0.2) is 21.0 Å². The maximum absolute atomic E-state index is 4.44. The molecule has 2 heteroatoms. The summed E-state index contributed by atoms with van der Waals surface area (Å²) in [5.74, 6) is 0. The average Bonchev–Trinajstić information content (AvgIpc) is 2.07. The second-order valence-corrected chi connectivity index (χ2v) is 3.70. The summed E-state index contributed by atoms with van der Waals surface area (Å²) < 4.78 is 1.12. The number of pyridine rings is 1. The van der Waals surface area contributed by atoms with Crippen molar-refractivity contribution in [2.24, 2.45) is 0 Å². The summed E-state index contributed by atoms with van der Waals surface area (Å²) in [6, 6.07) is 10.3. The normalized spacial score (nSPS) is 10.4. The molecule has 0 unspecified atom stereocenters. The number of fused-ring (bicyclic) bond motifs is 1. The molecule has 0 saturated carbocycles. The molecule has 0 fully saturated rings. The molecule has 0 aliphatic rings. The van der Waals surface area contributed by atoms with Gasteiger partial charge in [-0.25, -0.2) is 0 Å². The van der Waals surface area contributed by atoms with Gasteiger partial charge >= 0.3 is 79.3 Å². The van der Waals surface area contributed by atoms with Crippen molar-refractivity contribution in [1.29, 1.82) is 0 Å². The fraction of sp³-hybridized carbons (Fsp3) is 0.100. The Bertz CT molecular complexity index is 423. The van der Waals surface area contributed by atoms with Gasteiger partial charge in [-0.1, -0.05) is 0 Å². The minimum absolute atomic E-state index is 1.06. The Labute approximate surface area is 79.6 Å². The molecule has 12 heavy (non-hydrogen) atoms. The number of aryl methyl sites for hydroxylation is 1. The molecule has 0 aliphatic heterocycles. The van der Waals surface area contributed by atoms with E-state index in [2.05, 4.69) is 33.1 Å². The van der Waals surface area contributed by atoms with Gasteiger partial charge < -0.3 is 0 Å². The van der Waals surface area contributed by atoms with Crippen LogP contribution in [0, 0.1) is 6.92 Å². The molecular formula is C10H8NSe-. The van der Waals surface area contributed by atoms with Crippen LogP contribution in [0.25, 0.3) is 10.9 Å². The van der Waals surface area contributed by atoms with Crippen LogP contribution in [0.1, 0.15) is 5.69 Å². The fourth-order valence-electron chi connectivity index (χ4n) is 1.22. The number of hydrogen-bond donors (Lipinski definition) is 0. The standard InChI is InChI=1S/C10H9NSe/c1-7-5-6-8-3-2-4-9(12)10(8)11-7/h2-6,12H,1H3/p-1. The third-order valence-corrected chi connectivity index (χ3v) is 2.51. The van der Waals surface area contributed by atoms with E-state index in [-0.39, 0.29) is 0 Å². The molecule has 0 N–H and O–H groups in total. The van der Waals surface area contributed by atoms with E-state index in [4.69, 9.17) is 0 Å². The molecule has 0 spiro atoms. The Morgan fingerprint density at radius 1 is 1.17 bits per heavy atom. The van der Waals surface area contributed by atoms with E-state index >= 15 is 0 Å². The summed E-state index contributed by atoms with van der Waals surface area (Å²) in [5, 5.41) is 1.19. The summed E-state index contributed by atoms with van der Waals surface area (Å²) in [7, 11) is 0. The van der Waals surface area contributed by atoms with Gasteiger partial charge in [0.25, 0.3) is 0 Å². The van der Waals surface area contributed by atoms with Crippen LogP contribution < -0.4 is 4.46 Å². The first-order chi connectivity index (χ1) is 5.77. The summed E-state index contributed by atoms with van der Waals surface area (Å²) in [6.07, 6.45) is 0. The van der Waals surface area contributed by atoms with Crippen LogP contribution in [0.3, 0.4) is 0 Å². The average molecular weight is 221 g/mol. The molecule has 1 aromatic heterocycles. The molecule has 0 saturated heterocycles. The molecule has 1 heterocycles. The number of rotatable bonds is 0. The minimum atomic E-state index is 1.06. The van der Waals surface area contributed by atoms with Crippen LogP contribution in [0.4, 0.5) is 0 Å². The van der Waals surface area contributed by atoms with Crippen molar-refractivity contribution in [3.63, 3.8) is 0 Å². The summed E-state index contributed by atoms with van der Waals surface area (Å²) >= 11 is 3.01. The quantitative estimate of drug-likeness (QED) is 0.612. The molecule has 0 amide bonds. The Hall–Kier alpha value is -0.851. The first-order valence-electron chi connectivity index (χ1n) is 3.81. The van der Waals surface area contributed by atoms with Crippen molar-refractivity contribution in [3.05, 3.63) is 36.0 Å². The molecule has 0 aliphatic carbocycles. The van der Waals surface area contributed by atoms with Crippen molar-refractivity contribution in [2.75, 3.05) is 0 Å². The van der Waals surface area contributed by atoms with Gasteiger partial charge in [0.15, 0.2) is 0 Å². The number of nitrogens with zero attached hydrogens (tertiary/aromatic N) is 1. The van der Waals surface area contributed by atoms with Crippen molar-refractivity contribution in [2.45, 2.75) is 6.92 Å². The Balaban J connectivity index is 2.88. The van der Waals surface area contributed by atoms with Gasteiger partial charge in [0.2, 0.25) is 0 Å². The molecule has 60 valence electrons. The molecule has 0 radical (unpaired) electrons. The van der Waals surface area contributed by atoms with Gasteiger partial charge in [-0.05, 0) is 0 Å². The zero-order chi connectivity index (χ0) is 8.55. The van der Waals surface area contributed by atoms with E-state index in [9.17, 15) is 0 Å². The summed E-state index contributed by atoms with van der Waals surface area (Å²) in [5.41, 5.74) is 2.13. The van der Waals surface area contributed by atoms with E-state index in [0.717, 1.165) is 15.7 Å². The van der Waals surface area contributed by atoms with E-state index in [0.29, 0.717) is 0 Å². The molecule has 0 atom stereocenters. The van der Waals surface area contributed by atoms with Gasteiger partial charge in [-0.2, -0.15) is 0 Å². The second-order valence-electron chi connectivity index (χ2n) is 2.78. The topological polar surface area (TPSA) is 12.9 Å². The van der Waals surface area contributed by atoms with Crippen LogP contribution in [0.15, 0.2) is 30.3 Å². The zero-order valence-corrected chi connectivity index (χ0v) is 8.46. The predicted molar refractivity (Wildman–Crippen MR) is 51.9 cm³/mol. The van der Waals surface area contributed by atoms with E-state index < -0.39 is 0 Å². The van der Waals surface area contributed by atoms with Gasteiger partial charge in [0.1, 0.15) is 0 Å². The SMILES string of the molecule is Cc1ccc2cccc([Se-])c2n1. The number of para-hydroxylation sites is 1. The van der Waals surface area contributed by atoms with Crippen LogP contribution >= 0.6 is 0 Å². The molecule has 2 aromatic rings. The van der Waals surface area contributed by atoms with Gasteiger partial charge in [0.05, 0.1) is 0 Å². The van der Waals surface area contributed by atoms with E-state index in [1.165, 1.54) is 5.39 Å². The number of aromatic nitrogens is 1. The van der Waals surface area contributed by atoms with Crippen LogP contribution in [-0.2, 0) is 0 Å². The van der Waals surface area contributed by atoms with Crippen molar-refractivity contribution in [1.82, 2.24) is 4.98 Å². The first-order valence-corrected chi connectivity index (χ1v) is 4.66. The third kappa shape index (κ3) is 1.24. The third-order valence-electron chi connectivity index (χ3n) is 1.82. The molecule has 1 aromatic carbocycles. The Morgan fingerprint density at radius 2 is 2.00 bits per heavy atom. The maximum atomic E-state index is 4.44. The molecule has 2 rings (SSSR count). The van der Waals surface area contributed by atoms with Gasteiger partial charge in [0, 0.05) is 0 Å². The number of hydrogen-bond acceptors (Lipinski definition) is 1. The van der Waals surface area contributed by atoms with Crippen molar-refractivity contribution in [3.8, 4) is 0 Å². The first kappa shape index (κ1) is 7.78. The summed E-state index contributed by atoms with van der Waals surface area (Å²) in [6.45, 7) is 2.01. The number of benzene rings is 1. The second kappa shape index (κ2) is 2.89. The molecular weight excluding hydrogens is 213 g/mol. The van der Waals surface area contributed by atoms with E-state index in [1.54, 1.807) is 0 Å². The van der Waals surface area contributed by atoms with Crippen molar-refractivity contribution < 1.29 is 0 Å².